The molecule has 3 rings (SSSR count). The molecule has 0 radical (unpaired) electrons. The number of carbonyl (C=O) groups excluding carboxylic acids is 3. The van der Waals surface area contributed by atoms with Crippen molar-refractivity contribution in [3.8, 4) is 0 Å². The number of hydrogen-bond acceptors (Lipinski definition) is 3. The third-order valence-electron chi connectivity index (χ3n) is 6.11. The molecule has 1 aliphatic carbocycles. The molecular formula is C23H33FN4O3. The second kappa shape index (κ2) is 11.1. The first kappa shape index (κ1) is 23.0. The molecule has 1 atom stereocenters. The summed E-state index contributed by atoms with van der Waals surface area (Å²) in [6.45, 7) is 2.55. The second-order valence-corrected chi connectivity index (χ2v) is 8.64. The Hall–Kier alpha value is -2.64. The number of nitrogens with zero attached hydrogens (tertiary/aromatic N) is 1. The zero-order valence-electron chi connectivity index (χ0n) is 18.2. The first-order chi connectivity index (χ1) is 14.9. The van der Waals surface area contributed by atoms with Gasteiger partial charge in [-0.05, 0) is 43.4 Å². The standard InChI is InChI=1S/C23H33FN4O3/c1-16(29)25-21(15-17-7-9-18(24)10-8-17)22(30)26-20-11-13-28(14-12-20)23(31)27-19-5-3-2-4-6-19/h7-10,19-21H,2-6,11-15H2,1H3,(H,25,29)(H,26,30)(H,27,31)/t21-/m0/s1. The van der Waals surface area contributed by atoms with Gasteiger partial charge in [-0.15, -0.1) is 0 Å². The van der Waals surface area contributed by atoms with Crippen molar-refractivity contribution in [2.24, 2.45) is 0 Å². The average molecular weight is 433 g/mol. The number of amides is 4. The number of urea groups is 1. The molecule has 31 heavy (non-hydrogen) atoms. The Labute approximate surface area is 183 Å². The molecule has 1 heterocycles. The van der Waals surface area contributed by atoms with Crippen molar-refractivity contribution < 1.29 is 18.8 Å². The highest BCUT2D eigenvalue weighted by molar-refractivity contribution is 5.87. The molecule has 1 saturated carbocycles. The summed E-state index contributed by atoms with van der Waals surface area (Å²) in [5, 5.41) is 8.84. The van der Waals surface area contributed by atoms with Crippen LogP contribution < -0.4 is 16.0 Å². The Balaban J connectivity index is 1.47. The van der Waals surface area contributed by atoms with E-state index in [0.29, 0.717) is 25.9 Å². The van der Waals surface area contributed by atoms with Gasteiger partial charge in [0, 0.05) is 38.5 Å². The van der Waals surface area contributed by atoms with Crippen LogP contribution in [0, 0.1) is 5.82 Å². The zero-order valence-corrected chi connectivity index (χ0v) is 18.2. The summed E-state index contributed by atoms with van der Waals surface area (Å²) >= 11 is 0. The maximum atomic E-state index is 13.1. The van der Waals surface area contributed by atoms with E-state index in [-0.39, 0.29) is 42.2 Å². The van der Waals surface area contributed by atoms with Gasteiger partial charge in [-0.25, -0.2) is 9.18 Å². The van der Waals surface area contributed by atoms with Gasteiger partial charge >= 0.3 is 6.03 Å². The monoisotopic (exact) mass is 432 g/mol. The van der Waals surface area contributed by atoms with Crippen LogP contribution in [0.5, 0.6) is 0 Å². The Morgan fingerprint density at radius 3 is 2.19 bits per heavy atom. The van der Waals surface area contributed by atoms with Crippen molar-refractivity contribution >= 4 is 17.8 Å². The highest BCUT2D eigenvalue weighted by atomic mass is 19.1. The van der Waals surface area contributed by atoms with Crippen molar-refractivity contribution in [3.63, 3.8) is 0 Å². The molecular weight excluding hydrogens is 399 g/mol. The molecule has 1 aromatic rings. The van der Waals surface area contributed by atoms with Crippen LogP contribution in [0.25, 0.3) is 0 Å². The maximum Gasteiger partial charge on any atom is 0.317 e. The van der Waals surface area contributed by atoms with Crippen LogP contribution in [0.2, 0.25) is 0 Å². The van der Waals surface area contributed by atoms with Crippen molar-refractivity contribution in [3.05, 3.63) is 35.6 Å². The molecule has 1 aromatic carbocycles. The molecule has 1 aliphatic heterocycles. The van der Waals surface area contributed by atoms with Crippen LogP contribution in [0.4, 0.5) is 9.18 Å². The van der Waals surface area contributed by atoms with E-state index in [4.69, 9.17) is 0 Å². The van der Waals surface area contributed by atoms with Gasteiger partial charge in [0.25, 0.3) is 0 Å². The summed E-state index contributed by atoms with van der Waals surface area (Å²) in [4.78, 5) is 38.7. The van der Waals surface area contributed by atoms with Crippen LogP contribution in [0.1, 0.15) is 57.4 Å². The fraction of sp³-hybridized carbons (Fsp3) is 0.609. The summed E-state index contributed by atoms with van der Waals surface area (Å²) in [6, 6.07) is 5.40. The Kier molecular flexibility index (Phi) is 8.26. The number of benzene rings is 1. The SMILES string of the molecule is CC(=O)N[C@@H](Cc1ccc(F)cc1)C(=O)NC1CCN(C(=O)NC2CCCCC2)CC1. The van der Waals surface area contributed by atoms with E-state index in [2.05, 4.69) is 16.0 Å². The second-order valence-electron chi connectivity index (χ2n) is 8.64. The van der Waals surface area contributed by atoms with Gasteiger partial charge in [0.15, 0.2) is 0 Å². The van der Waals surface area contributed by atoms with Gasteiger partial charge in [-0.2, -0.15) is 0 Å². The molecule has 3 N–H and O–H groups in total. The van der Waals surface area contributed by atoms with Crippen LogP contribution >= 0.6 is 0 Å². The van der Waals surface area contributed by atoms with E-state index >= 15 is 0 Å². The summed E-state index contributed by atoms with van der Waals surface area (Å²) < 4.78 is 13.1. The first-order valence-corrected chi connectivity index (χ1v) is 11.3. The predicted octanol–water partition coefficient (Wildman–Crippen LogP) is 2.50. The van der Waals surface area contributed by atoms with Crippen LogP contribution in [0.3, 0.4) is 0 Å². The van der Waals surface area contributed by atoms with Crippen LogP contribution in [0.15, 0.2) is 24.3 Å². The van der Waals surface area contributed by atoms with E-state index in [1.54, 1.807) is 12.1 Å². The molecule has 0 aromatic heterocycles. The van der Waals surface area contributed by atoms with Crippen molar-refractivity contribution in [1.29, 1.82) is 0 Å². The zero-order chi connectivity index (χ0) is 22.2. The van der Waals surface area contributed by atoms with E-state index in [0.717, 1.165) is 18.4 Å². The smallest absolute Gasteiger partial charge is 0.317 e. The lowest BCUT2D eigenvalue weighted by Gasteiger charge is -2.34. The lowest BCUT2D eigenvalue weighted by molar-refractivity contribution is -0.128. The fourth-order valence-corrected chi connectivity index (χ4v) is 4.35. The summed E-state index contributed by atoms with van der Waals surface area (Å²) in [6.07, 6.45) is 7.33. The Morgan fingerprint density at radius 1 is 0.968 bits per heavy atom. The quantitative estimate of drug-likeness (QED) is 0.645. The van der Waals surface area contributed by atoms with E-state index in [1.165, 1.54) is 38.3 Å². The maximum absolute atomic E-state index is 13.1. The number of rotatable bonds is 6. The fourth-order valence-electron chi connectivity index (χ4n) is 4.35. The lowest BCUT2D eigenvalue weighted by Crippen LogP contribution is -2.54. The minimum absolute atomic E-state index is 0.0101. The van der Waals surface area contributed by atoms with Crippen molar-refractivity contribution in [1.82, 2.24) is 20.9 Å². The molecule has 170 valence electrons. The van der Waals surface area contributed by atoms with Crippen molar-refractivity contribution in [2.75, 3.05) is 13.1 Å². The minimum atomic E-state index is -0.726. The summed E-state index contributed by atoms with van der Waals surface area (Å²) in [5.41, 5.74) is 0.768. The minimum Gasteiger partial charge on any atom is -0.351 e. The van der Waals surface area contributed by atoms with E-state index in [9.17, 15) is 18.8 Å². The van der Waals surface area contributed by atoms with E-state index < -0.39 is 6.04 Å². The number of carbonyl (C=O) groups is 3. The molecule has 7 nitrogen and oxygen atoms in total. The predicted molar refractivity (Wildman–Crippen MR) is 116 cm³/mol. The highest BCUT2D eigenvalue weighted by Crippen LogP contribution is 2.18. The molecule has 0 bridgehead atoms. The van der Waals surface area contributed by atoms with Gasteiger partial charge in [0.05, 0.1) is 0 Å². The molecule has 8 heteroatoms. The molecule has 4 amide bonds. The molecule has 2 fully saturated rings. The number of likely N-dealkylation sites (tertiary alicyclic amines) is 1. The number of piperidine rings is 1. The first-order valence-electron chi connectivity index (χ1n) is 11.3. The Morgan fingerprint density at radius 2 is 1.58 bits per heavy atom. The third kappa shape index (κ3) is 7.22. The topological polar surface area (TPSA) is 90.5 Å². The molecule has 0 unspecified atom stereocenters. The molecule has 1 saturated heterocycles. The molecule has 2 aliphatic rings. The highest BCUT2D eigenvalue weighted by Gasteiger charge is 2.28. The third-order valence-corrected chi connectivity index (χ3v) is 6.11. The van der Waals surface area contributed by atoms with Gasteiger partial charge in [0.1, 0.15) is 11.9 Å². The molecule has 0 spiro atoms. The summed E-state index contributed by atoms with van der Waals surface area (Å²) in [7, 11) is 0. The van der Waals surface area contributed by atoms with E-state index in [1.807, 2.05) is 4.90 Å². The lowest BCUT2D eigenvalue weighted by atomic mass is 9.95. The average Bonchev–Trinajstić information content (AvgIpc) is 2.75. The Bertz CT molecular complexity index is 757. The number of halogens is 1. The normalized spacial score (nSPS) is 18.8. The van der Waals surface area contributed by atoms with Gasteiger partial charge in [0.2, 0.25) is 11.8 Å². The summed E-state index contributed by atoms with van der Waals surface area (Å²) in [5.74, 6) is -0.898. The number of hydrogen-bond donors (Lipinski definition) is 3. The van der Waals surface area contributed by atoms with Gasteiger partial charge in [-0.3, -0.25) is 9.59 Å². The largest absolute Gasteiger partial charge is 0.351 e. The van der Waals surface area contributed by atoms with Gasteiger partial charge in [-0.1, -0.05) is 31.4 Å². The van der Waals surface area contributed by atoms with Crippen LogP contribution in [-0.4, -0.2) is 54.0 Å². The number of nitrogens with one attached hydrogen (secondary N) is 3. The van der Waals surface area contributed by atoms with Crippen LogP contribution in [-0.2, 0) is 16.0 Å². The van der Waals surface area contributed by atoms with Crippen molar-refractivity contribution in [2.45, 2.75) is 76.4 Å². The van der Waals surface area contributed by atoms with Gasteiger partial charge < -0.3 is 20.9 Å².